The zero-order chi connectivity index (χ0) is 16.8. The molecule has 0 amide bonds. The third kappa shape index (κ3) is 21.2. The Morgan fingerprint density at radius 2 is 1.22 bits per heavy atom. The van der Waals surface area contributed by atoms with Crippen LogP contribution in [0.2, 0.25) is 0 Å². The molecule has 0 aliphatic heterocycles. The fourth-order valence-corrected chi connectivity index (χ4v) is 2.77. The normalized spacial score (nSPS) is 11.1. The van der Waals surface area contributed by atoms with Gasteiger partial charge in [-0.05, 0) is 38.6 Å². The molecule has 0 bridgehead atoms. The standard InChI is InChI=1S/C21H40N2/c1-2-3-4-5-6-7-8-9-10-11-12-13-14-15-16-17-20-23-21-18-19-22/h9-10,23H,2-8,11-18,20-21H2,1H3/b10-9+. The summed E-state index contributed by atoms with van der Waals surface area (Å²) in [7, 11) is 0. The third-order valence-electron chi connectivity index (χ3n) is 4.28. The molecule has 0 aromatic carbocycles. The Morgan fingerprint density at radius 1 is 0.696 bits per heavy atom. The molecule has 0 radical (unpaired) electrons. The van der Waals surface area contributed by atoms with Crippen LogP contribution >= 0.6 is 0 Å². The summed E-state index contributed by atoms with van der Waals surface area (Å²) in [6.07, 6.45) is 24.4. The molecule has 23 heavy (non-hydrogen) atoms. The molecule has 0 fully saturated rings. The Morgan fingerprint density at radius 3 is 1.78 bits per heavy atom. The van der Waals surface area contributed by atoms with E-state index in [0.717, 1.165) is 13.1 Å². The van der Waals surface area contributed by atoms with E-state index in [9.17, 15) is 0 Å². The van der Waals surface area contributed by atoms with Gasteiger partial charge in [0.25, 0.3) is 0 Å². The molecule has 2 heteroatoms. The van der Waals surface area contributed by atoms with Crippen LogP contribution < -0.4 is 5.32 Å². The predicted molar refractivity (Wildman–Crippen MR) is 103 cm³/mol. The van der Waals surface area contributed by atoms with E-state index in [1.54, 1.807) is 0 Å². The molecule has 0 saturated carbocycles. The van der Waals surface area contributed by atoms with Crippen LogP contribution in [0.4, 0.5) is 0 Å². The zero-order valence-electron chi connectivity index (χ0n) is 15.6. The predicted octanol–water partition coefficient (Wildman–Crippen LogP) is 6.53. The maximum atomic E-state index is 8.42. The van der Waals surface area contributed by atoms with E-state index in [4.69, 9.17) is 5.26 Å². The van der Waals surface area contributed by atoms with E-state index in [0.29, 0.717) is 6.42 Å². The Labute approximate surface area is 145 Å². The van der Waals surface area contributed by atoms with Crippen molar-refractivity contribution in [2.45, 2.75) is 103 Å². The second kappa shape index (κ2) is 21.2. The van der Waals surface area contributed by atoms with Gasteiger partial charge in [-0.3, -0.25) is 0 Å². The summed E-state index contributed by atoms with van der Waals surface area (Å²) in [6, 6.07) is 2.16. The smallest absolute Gasteiger partial charge is 0.0635 e. The monoisotopic (exact) mass is 320 g/mol. The molecule has 0 aromatic rings. The Kier molecular flexibility index (Phi) is 20.4. The van der Waals surface area contributed by atoms with E-state index in [1.165, 1.54) is 89.9 Å². The lowest BCUT2D eigenvalue weighted by Gasteiger charge is -2.02. The van der Waals surface area contributed by atoms with E-state index >= 15 is 0 Å². The largest absolute Gasteiger partial charge is 0.316 e. The lowest BCUT2D eigenvalue weighted by Crippen LogP contribution is -2.15. The van der Waals surface area contributed by atoms with Crippen molar-refractivity contribution in [1.82, 2.24) is 5.32 Å². The Bertz CT molecular complexity index is 278. The highest BCUT2D eigenvalue weighted by molar-refractivity contribution is 4.81. The van der Waals surface area contributed by atoms with E-state index in [-0.39, 0.29) is 0 Å². The molecule has 0 atom stereocenters. The maximum Gasteiger partial charge on any atom is 0.0635 e. The number of nitrogens with zero attached hydrogens (tertiary/aromatic N) is 1. The summed E-state index contributed by atoms with van der Waals surface area (Å²) >= 11 is 0. The molecule has 0 aliphatic rings. The van der Waals surface area contributed by atoms with Crippen LogP contribution in [0.25, 0.3) is 0 Å². The minimum atomic E-state index is 0.631. The lowest BCUT2D eigenvalue weighted by atomic mass is 10.1. The first kappa shape index (κ1) is 22.2. The number of unbranched alkanes of at least 4 members (excludes halogenated alkanes) is 12. The summed E-state index contributed by atoms with van der Waals surface area (Å²) < 4.78 is 0. The second-order valence-electron chi connectivity index (χ2n) is 6.60. The summed E-state index contributed by atoms with van der Waals surface area (Å²) in [5, 5.41) is 11.7. The quantitative estimate of drug-likeness (QED) is 0.230. The van der Waals surface area contributed by atoms with Gasteiger partial charge >= 0.3 is 0 Å². The van der Waals surface area contributed by atoms with Crippen LogP contribution in [0.5, 0.6) is 0 Å². The minimum absolute atomic E-state index is 0.631. The zero-order valence-corrected chi connectivity index (χ0v) is 15.6. The van der Waals surface area contributed by atoms with Crippen molar-refractivity contribution >= 4 is 0 Å². The molecular weight excluding hydrogens is 280 g/mol. The summed E-state index contributed by atoms with van der Waals surface area (Å²) in [5.41, 5.74) is 0. The highest BCUT2D eigenvalue weighted by atomic mass is 14.8. The van der Waals surface area contributed by atoms with E-state index < -0.39 is 0 Å². The van der Waals surface area contributed by atoms with Gasteiger partial charge < -0.3 is 5.32 Å². The van der Waals surface area contributed by atoms with Crippen LogP contribution in [0.1, 0.15) is 103 Å². The highest BCUT2D eigenvalue weighted by Gasteiger charge is 1.92. The van der Waals surface area contributed by atoms with Crippen LogP contribution in [-0.2, 0) is 0 Å². The minimum Gasteiger partial charge on any atom is -0.316 e. The number of nitrogens with one attached hydrogen (secondary N) is 1. The molecule has 134 valence electrons. The average Bonchev–Trinajstić information content (AvgIpc) is 2.57. The second-order valence-corrected chi connectivity index (χ2v) is 6.60. The first-order valence-electron chi connectivity index (χ1n) is 10.1. The Balaban J connectivity index is 3.04. The topological polar surface area (TPSA) is 35.8 Å². The van der Waals surface area contributed by atoms with Gasteiger partial charge in [0.05, 0.1) is 6.07 Å². The van der Waals surface area contributed by atoms with E-state index in [2.05, 4.69) is 30.5 Å². The van der Waals surface area contributed by atoms with Crippen molar-refractivity contribution in [2.75, 3.05) is 13.1 Å². The SMILES string of the molecule is CCCCCCCC/C=C/CCCCCCCCNCCC#N. The molecule has 0 spiro atoms. The fourth-order valence-electron chi connectivity index (χ4n) is 2.77. The van der Waals surface area contributed by atoms with Crippen molar-refractivity contribution in [3.63, 3.8) is 0 Å². The summed E-state index contributed by atoms with van der Waals surface area (Å²) in [6.45, 7) is 4.20. The van der Waals surface area contributed by atoms with Gasteiger partial charge in [-0.25, -0.2) is 0 Å². The van der Waals surface area contributed by atoms with Crippen LogP contribution in [0, 0.1) is 11.3 Å². The maximum absolute atomic E-state index is 8.42. The molecular formula is C21H40N2. The van der Waals surface area contributed by atoms with Gasteiger partial charge in [-0.15, -0.1) is 0 Å². The molecule has 0 saturated heterocycles. The number of hydrogen-bond acceptors (Lipinski definition) is 2. The summed E-state index contributed by atoms with van der Waals surface area (Å²) in [4.78, 5) is 0. The number of allylic oxidation sites excluding steroid dienone is 2. The van der Waals surface area contributed by atoms with Crippen molar-refractivity contribution in [2.24, 2.45) is 0 Å². The molecule has 0 heterocycles. The molecule has 2 nitrogen and oxygen atoms in total. The first-order chi connectivity index (χ1) is 11.4. The molecule has 0 aliphatic carbocycles. The Hall–Kier alpha value is -0.810. The van der Waals surface area contributed by atoms with Crippen LogP contribution in [-0.4, -0.2) is 13.1 Å². The molecule has 0 aromatic heterocycles. The fraction of sp³-hybridized carbons (Fsp3) is 0.857. The van der Waals surface area contributed by atoms with Gasteiger partial charge in [0.1, 0.15) is 0 Å². The van der Waals surface area contributed by atoms with Crippen molar-refractivity contribution in [3.05, 3.63) is 12.2 Å². The highest BCUT2D eigenvalue weighted by Crippen LogP contribution is 2.09. The van der Waals surface area contributed by atoms with Crippen molar-refractivity contribution in [1.29, 1.82) is 5.26 Å². The van der Waals surface area contributed by atoms with Gasteiger partial charge in [0.15, 0.2) is 0 Å². The number of hydrogen-bond donors (Lipinski definition) is 1. The van der Waals surface area contributed by atoms with Gasteiger partial charge in [-0.2, -0.15) is 5.26 Å². The van der Waals surface area contributed by atoms with E-state index in [1.807, 2.05) is 0 Å². The molecule has 1 N–H and O–H groups in total. The average molecular weight is 321 g/mol. The number of nitriles is 1. The van der Waals surface area contributed by atoms with Crippen molar-refractivity contribution in [3.8, 4) is 6.07 Å². The van der Waals surface area contributed by atoms with Crippen LogP contribution in [0.15, 0.2) is 12.2 Å². The number of rotatable bonds is 18. The first-order valence-corrected chi connectivity index (χ1v) is 10.1. The third-order valence-corrected chi connectivity index (χ3v) is 4.28. The summed E-state index contributed by atoms with van der Waals surface area (Å²) in [5.74, 6) is 0. The van der Waals surface area contributed by atoms with Gasteiger partial charge in [-0.1, -0.05) is 76.9 Å². The lowest BCUT2D eigenvalue weighted by molar-refractivity contribution is 0.569. The molecule has 0 unspecified atom stereocenters. The molecule has 0 rings (SSSR count). The van der Waals surface area contributed by atoms with Gasteiger partial charge in [0.2, 0.25) is 0 Å². The van der Waals surface area contributed by atoms with Gasteiger partial charge in [0, 0.05) is 13.0 Å². The van der Waals surface area contributed by atoms with Crippen molar-refractivity contribution < 1.29 is 0 Å². The van der Waals surface area contributed by atoms with Crippen LogP contribution in [0.3, 0.4) is 0 Å².